The summed E-state index contributed by atoms with van der Waals surface area (Å²) in [7, 11) is 0. The van der Waals surface area contributed by atoms with E-state index in [0.717, 1.165) is 23.0 Å². The molecule has 98 valence electrons. The van der Waals surface area contributed by atoms with Crippen molar-refractivity contribution in [3.63, 3.8) is 0 Å². The summed E-state index contributed by atoms with van der Waals surface area (Å²) < 4.78 is 0. The molecule has 1 aromatic carbocycles. The lowest BCUT2D eigenvalue weighted by atomic mass is 10.2. The van der Waals surface area contributed by atoms with Crippen LogP contribution in [0.5, 0.6) is 0 Å². The number of rotatable bonds is 6. The fourth-order valence-corrected chi connectivity index (χ4v) is 2.26. The van der Waals surface area contributed by atoms with Gasteiger partial charge < -0.3 is 10.4 Å². The van der Waals surface area contributed by atoms with Crippen LogP contribution >= 0.6 is 11.8 Å². The number of carbonyl (C=O) groups excluding carboxylic acids is 1. The number of carboxylic acids is 1. The van der Waals surface area contributed by atoms with Crippen molar-refractivity contribution in [2.45, 2.75) is 25.5 Å². The molecule has 0 aromatic heterocycles. The molecular formula is C13H17NO3S. The van der Waals surface area contributed by atoms with Crippen LogP contribution in [0.3, 0.4) is 0 Å². The Morgan fingerprint density at radius 1 is 1.44 bits per heavy atom. The Labute approximate surface area is 111 Å². The molecule has 0 spiro atoms. The fourth-order valence-electron chi connectivity index (χ4n) is 1.46. The van der Waals surface area contributed by atoms with Gasteiger partial charge in [0.2, 0.25) is 5.91 Å². The lowest BCUT2D eigenvalue weighted by Crippen LogP contribution is -2.20. The minimum atomic E-state index is -0.870. The van der Waals surface area contributed by atoms with Crippen LogP contribution in [-0.4, -0.2) is 28.0 Å². The Hall–Kier alpha value is -1.49. The molecule has 1 amide bonds. The van der Waals surface area contributed by atoms with Crippen molar-refractivity contribution in [3.8, 4) is 0 Å². The Morgan fingerprint density at radius 3 is 2.72 bits per heavy atom. The van der Waals surface area contributed by atoms with Gasteiger partial charge in [0.05, 0.1) is 5.75 Å². The summed E-state index contributed by atoms with van der Waals surface area (Å²) in [6.07, 6.45) is 0.512. The van der Waals surface area contributed by atoms with E-state index in [1.807, 2.05) is 31.2 Å². The molecule has 4 nitrogen and oxygen atoms in total. The van der Waals surface area contributed by atoms with Gasteiger partial charge >= 0.3 is 5.97 Å². The van der Waals surface area contributed by atoms with E-state index in [4.69, 9.17) is 5.11 Å². The van der Waals surface area contributed by atoms with E-state index in [9.17, 15) is 9.59 Å². The summed E-state index contributed by atoms with van der Waals surface area (Å²) >= 11 is 1.15. The van der Waals surface area contributed by atoms with E-state index < -0.39 is 11.2 Å². The molecule has 0 bridgehead atoms. The molecule has 0 fully saturated rings. The van der Waals surface area contributed by atoms with Crippen LogP contribution in [0, 0.1) is 6.92 Å². The third-order valence-electron chi connectivity index (χ3n) is 2.36. The maximum Gasteiger partial charge on any atom is 0.316 e. The maximum absolute atomic E-state index is 11.6. The van der Waals surface area contributed by atoms with E-state index in [0.29, 0.717) is 6.42 Å². The summed E-state index contributed by atoms with van der Waals surface area (Å²) in [6, 6.07) is 7.49. The number of anilines is 1. The highest BCUT2D eigenvalue weighted by Crippen LogP contribution is 2.16. The topological polar surface area (TPSA) is 66.4 Å². The predicted octanol–water partition coefficient (Wildman–Crippen LogP) is 2.53. The lowest BCUT2D eigenvalue weighted by molar-refractivity contribution is -0.136. The Kier molecular flexibility index (Phi) is 5.71. The quantitative estimate of drug-likeness (QED) is 0.831. The minimum absolute atomic E-state index is 0.152. The third-order valence-corrected chi connectivity index (χ3v) is 3.73. The number of benzene rings is 1. The number of amides is 1. The molecule has 0 radical (unpaired) electrons. The summed E-state index contributed by atoms with van der Waals surface area (Å²) in [6.45, 7) is 3.74. The van der Waals surface area contributed by atoms with Gasteiger partial charge in [0.25, 0.3) is 0 Å². The largest absolute Gasteiger partial charge is 0.480 e. The zero-order chi connectivity index (χ0) is 13.5. The van der Waals surface area contributed by atoms with Gasteiger partial charge in [-0.1, -0.05) is 19.1 Å². The van der Waals surface area contributed by atoms with Gasteiger partial charge in [-0.3, -0.25) is 9.59 Å². The lowest BCUT2D eigenvalue weighted by Gasteiger charge is -2.09. The van der Waals surface area contributed by atoms with Gasteiger partial charge in [-0.05, 0) is 31.0 Å². The van der Waals surface area contributed by atoms with Crippen molar-refractivity contribution in [1.29, 1.82) is 0 Å². The van der Waals surface area contributed by atoms with E-state index in [-0.39, 0.29) is 11.7 Å². The molecule has 0 saturated heterocycles. The van der Waals surface area contributed by atoms with Gasteiger partial charge in [0.1, 0.15) is 5.25 Å². The fraction of sp³-hybridized carbons (Fsp3) is 0.385. The monoisotopic (exact) mass is 267 g/mol. The third kappa shape index (κ3) is 4.79. The number of hydrogen-bond donors (Lipinski definition) is 2. The predicted molar refractivity (Wildman–Crippen MR) is 74.0 cm³/mol. The maximum atomic E-state index is 11.6. The van der Waals surface area contributed by atoms with Crippen molar-refractivity contribution >= 4 is 29.3 Å². The van der Waals surface area contributed by atoms with Crippen LogP contribution in [-0.2, 0) is 9.59 Å². The summed E-state index contributed by atoms with van der Waals surface area (Å²) in [4.78, 5) is 22.4. The summed E-state index contributed by atoms with van der Waals surface area (Å²) in [5, 5.41) is 11.1. The van der Waals surface area contributed by atoms with Crippen molar-refractivity contribution in [1.82, 2.24) is 0 Å². The van der Waals surface area contributed by atoms with Crippen LogP contribution in [0.1, 0.15) is 18.9 Å². The van der Waals surface area contributed by atoms with Gasteiger partial charge in [-0.2, -0.15) is 0 Å². The summed E-state index contributed by atoms with van der Waals surface area (Å²) in [5.74, 6) is -0.894. The second-order valence-electron chi connectivity index (χ2n) is 3.96. The molecule has 1 aromatic rings. The normalized spacial score (nSPS) is 11.9. The molecule has 0 aliphatic rings. The molecule has 1 unspecified atom stereocenters. The zero-order valence-corrected chi connectivity index (χ0v) is 11.3. The average molecular weight is 267 g/mol. The molecule has 2 N–H and O–H groups in total. The van der Waals surface area contributed by atoms with Crippen molar-refractivity contribution < 1.29 is 14.7 Å². The van der Waals surface area contributed by atoms with E-state index in [2.05, 4.69) is 5.32 Å². The highest BCUT2D eigenvalue weighted by atomic mass is 32.2. The first-order valence-corrected chi connectivity index (χ1v) is 6.78. The number of nitrogens with one attached hydrogen (secondary N) is 1. The number of aryl methyl sites for hydroxylation is 1. The van der Waals surface area contributed by atoms with Gasteiger partial charge in [0.15, 0.2) is 0 Å². The first kappa shape index (κ1) is 14.6. The molecule has 0 aliphatic heterocycles. The molecule has 0 saturated carbocycles. The highest BCUT2D eigenvalue weighted by Gasteiger charge is 2.16. The SMILES string of the molecule is CCC(SCC(=O)Nc1cccc(C)c1)C(=O)O. The summed E-state index contributed by atoms with van der Waals surface area (Å²) in [5.41, 5.74) is 1.81. The second kappa shape index (κ2) is 7.06. The van der Waals surface area contributed by atoms with Gasteiger partial charge in [0, 0.05) is 5.69 Å². The molecule has 0 aliphatic carbocycles. The van der Waals surface area contributed by atoms with Crippen LogP contribution < -0.4 is 5.32 Å². The first-order valence-electron chi connectivity index (χ1n) is 5.74. The molecule has 5 heteroatoms. The molecule has 1 rings (SSSR count). The Bertz CT molecular complexity index is 434. The van der Waals surface area contributed by atoms with Gasteiger partial charge in [-0.25, -0.2) is 0 Å². The van der Waals surface area contributed by atoms with Crippen LogP contribution in [0.4, 0.5) is 5.69 Å². The Balaban J connectivity index is 2.45. The second-order valence-corrected chi connectivity index (χ2v) is 5.15. The van der Waals surface area contributed by atoms with E-state index >= 15 is 0 Å². The number of aliphatic carboxylic acids is 1. The van der Waals surface area contributed by atoms with Crippen LogP contribution in [0.2, 0.25) is 0 Å². The van der Waals surface area contributed by atoms with Crippen LogP contribution in [0.15, 0.2) is 24.3 Å². The van der Waals surface area contributed by atoms with E-state index in [1.54, 1.807) is 6.92 Å². The Morgan fingerprint density at radius 2 is 2.17 bits per heavy atom. The first-order chi connectivity index (χ1) is 8.52. The van der Waals surface area contributed by atoms with Crippen molar-refractivity contribution in [3.05, 3.63) is 29.8 Å². The number of hydrogen-bond acceptors (Lipinski definition) is 3. The van der Waals surface area contributed by atoms with Crippen LogP contribution in [0.25, 0.3) is 0 Å². The van der Waals surface area contributed by atoms with Gasteiger partial charge in [-0.15, -0.1) is 11.8 Å². The molecule has 1 atom stereocenters. The minimum Gasteiger partial charge on any atom is -0.480 e. The number of carbonyl (C=O) groups is 2. The smallest absolute Gasteiger partial charge is 0.316 e. The molecular weight excluding hydrogens is 250 g/mol. The number of thioether (sulfide) groups is 1. The average Bonchev–Trinajstić information content (AvgIpc) is 2.29. The number of carboxylic acid groups (broad SMARTS) is 1. The molecule has 18 heavy (non-hydrogen) atoms. The highest BCUT2D eigenvalue weighted by molar-refractivity contribution is 8.01. The van der Waals surface area contributed by atoms with E-state index in [1.165, 1.54) is 0 Å². The molecule has 0 heterocycles. The van der Waals surface area contributed by atoms with Crippen molar-refractivity contribution in [2.24, 2.45) is 0 Å². The standard InChI is InChI=1S/C13H17NO3S/c1-3-11(13(16)17)18-8-12(15)14-10-6-4-5-9(2)7-10/h4-7,11H,3,8H2,1-2H3,(H,14,15)(H,16,17). The zero-order valence-electron chi connectivity index (χ0n) is 10.5. The van der Waals surface area contributed by atoms with Crippen molar-refractivity contribution in [2.75, 3.05) is 11.1 Å².